The maximum Gasteiger partial charge on any atom is 0.261 e. The number of Topliss-reactive ketones (excluding diaryl/α,β-unsaturated/α-hetero) is 1. The fraction of sp³-hybridized carbons (Fsp3) is 0.889. The van der Waals surface area contributed by atoms with Crippen LogP contribution in [0.2, 0.25) is 0 Å². The van der Waals surface area contributed by atoms with Crippen LogP contribution in [0.15, 0.2) is 0 Å². The zero-order valence-corrected chi connectivity index (χ0v) is 8.06. The average molecular weight is 194 g/mol. The second-order valence-corrected chi connectivity index (χ2v) is 2.99. The van der Waals surface area contributed by atoms with Crippen molar-refractivity contribution in [3.05, 3.63) is 0 Å². The highest BCUT2D eigenvalue weighted by molar-refractivity contribution is 5.80. The Morgan fingerprint density at radius 1 is 1.46 bits per heavy atom. The molecule has 78 valence electrons. The van der Waals surface area contributed by atoms with Gasteiger partial charge in [-0.05, 0) is 6.42 Å². The second-order valence-electron chi connectivity index (χ2n) is 2.99. The largest absolute Gasteiger partial charge is 0.375 e. The van der Waals surface area contributed by atoms with Crippen LogP contribution in [0.3, 0.4) is 0 Å². The van der Waals surface area contributed by atoms with Crippen LogP contribution < -0.4 is 0 Å². The van der Waals surface area contributed by atoms with E-state index in [1.807, 2.05) is 13.8 Å². The molecule has 0 N–H and O–H groups in total. The Hall–Kier alpha value is -0.510. The van der Waals surface area contributed by atoms with E-state index in [1.54, 1.807) is 0 Å². The SMILES string of the molecule is CCC(C)C(=O)CCOCC(F)F. The summed E-state index contributed by atoms with van der Waals surface area (Å²) in [4.78, 5) is 11.2. The molecule has 0 saturated carbocycles. The molecule has 0 heterocycles. The van der Waals surface area contributed by atoms with Crippen molar-refractivity contribution in [1.29, 1.82) is 0 Å². The predicted octanol–water partition coefficient (Wildman–Crippen LogP) is 2.27. The van der Waals surface area contributed by atoms with Crippen LogP contribution >= 0.6 is 0 Å². The lowest BCUT2D eigenvalue weighted by molar-refractivity contribution is -0.123. The summed E-state index contributed by atoms with van der Waals surface area (Å²) in [6.45, 7) is 3.28. The van der Waals surface area contributed by atoms with E-state index >= 15 is 0 Å². The first-order valence-corrected chi connectivity index (χ1v) is 4.46. The van der Waals surface area contributed by atoms with Crippen LogP contribution in [0, 0.1) is 5.92 Å². The lowest BCUT2D eigenvalue weighted by Crippen LogP contribution is -2.14. The van der Waals surface area contributed by atoms with Crippen LogP contribution in [0.4, 0.5) is 8.78 Å². The van der Waals surface area contributed by atoms with E-state index in [9.17, 15) is 13.6 Å². The molecule has 1 unspecified atom stereocenters. The van der Waals surface area contributed by atoms with Gasteiger partial charge in [-0.3, -0.25) is 4.79 Å². The van der Waals surface area contributed by atoms with Gasteiger partial charge in [0, 0.05) is 12.3 Å². The molecule has 0 saturated heterocycles. The maximum atomic E-state index is 11.6. The predicted molar refractivity (Wildman–Crippen MR) is 45.9 cm³/mol. The van der Waals surface area contributed by atoms with Gasteiger partial charge in [0.05, 0.1) is 6.61 Å². The third kappa shape index (κ3) is 6.63. The van der Waals surface area contributed by atoms with Gasteiger partial charge < -0.3 is 4.74 Å². The molecule has 0 bridgehead atoms. The van der Waals surface area contributed by atoms with Crippen molar-refractivity contribution in [1.82, 2.24) is 0 Å². The minimum absolute atomic E-state index is 0.00940. The van der Waals surface area contributed by atoms with Gasteiger partial charge in [0.1, 0.15) is 12.4 Å². The summed E-state index contributed by atoms with van der Waals surface area (Å²) in [5.74, 6) is 0.0897. The van der Waals surface area contributed by atoms with Crippen molar-refractivity contribution in [3.63, 3.8) is 0 Å². The highest BCUT2D eigenvalue weighted by Crippen LogP contribution is 2.05. The Labute approximate surface area is 77.3 Å². The molecule has 0 radical (unpaired) electrons. The van der Waals surface area contributed by atoms with E-state index < -0.39 is 13.0 Å². The van der Waals surface area contributed by atoms with Crippen LogP contribution in [0.1, 0.15) is 26.7 Å². The summed E-state index contributed by atoms with van der Waals surface area (Å²) in [5.41, 5.74) is 0. The fourth-order valence-corrected chi connectivity index (χ4v) is 0.819. The molecule has 0 amide bonds. The van der Waals surface area contributed by atoms with Crippen molar-refractivity contribution in [2.24, 2.45) is 5.92 Å². The molecular weight excluding hydrogens is 178 g/mol. The Bertz CT molecular complexity index is 149. The first-order chi connectivity index (χ1) is 6.07. The van der Waals surface area contributed by atoms with Crippen molar-refractivity contribution >= 4 is 5.78 Å². The number of halogens is 2. The van der Waals surface area contributed by atoms with Crippen LogP contribution in [0.5, 0.6) is 0 Å². The van der Waals surface area contributed by atoms with Crippen molar-refractivity contribution in [3.8, 4) is 0 Å². The Kier molecular flexibility index (Phi) is 6.68. The number of ketones is 1. The number of carbonyl (C=O) groups is 1. The quantitative estimate of drug-likeness (QED) is 0.581. The number of hydrogen-bond acceptors (Lipinski definition) is 2. The van der Waals surface area contributed by atoms with Gasteiger partial charge in [0.25, 0.3) is 6.43 Å². The van der Waals surface area contributed by atoms with Crippen molar-refractivity contribution in [2.45, 2.75) is 33.1 Å². The van der Waals surface area contributed by atoms with E-state index in [-0.39, 0.29) is 24.7 Å². The summed E-state index contributed by atoms with van der Waals surface area (Å²) in [6.07, 6.45) is -1.42. The Morgan fingerprint density at radius 3 is 2.54 bits per heavy atom. The van der Waals surface area contributed by atoms with Gasteiger partial charge in [-0.25, -0.2) is 8.78 Å². The zero-order valence-electron chi connectivity index (χ0n) is 8.06. The highest BCUT2D eigenvalue weighted by Gasteiger charge is 2.10. The summed E-state index contributed by atoms with van der Waals surface area (Å²) in [7, 11) is 0. The molecule has 0 aromatic heterocycles. The molecule has 0 spiro atoms. The molecule has 0 rings (SSSR count). The van der Waals surface area contributed by atoms with Crippen molar-refractivity contribution < 1.29 is 18.3 Å². The van der Waals surface area contributed by atoms with Gasteiger partial charge >= 0.3 is 0 Å². The lowest BCUT2D eigenvalue weighted by atomic mass is 10.0. The number of alkyl halides is 2. The Morgan fingerprint density at radius 2 is 2.08 bits per heavy atom. The second kappa shape index (κ2) is 6.95. The molecule has 0 aliphatic rings. The fourth-order valence-electron chi connectivity index (χ4n) is 0.819. The molecule has 0 aromatic rings. The molecule has 0 aliphatic carbocycles. The first-order valence-electron chi connectivity index (χ1n) is 4.46. The first kappa shape index (κ1) is 12.5. The van der Waals surface area contributed by atoms with E-state index in [4.69, 9.17) is 0 Å². The molecule has 0 fully saturated rings. The van der Waals surface area contributed by atoms with Gasteiger partial charge in [0.15, 0.2) is 0 Å². The molecule has 0 aliphatic heterocycles. The summed E-state index contributed by atoms with van der Waals surface area (Å²) >= 11 is 0. The van der Waals surface area contributed by atoms with Crippen molar-refractivity contribution in [2.75, 3.05) is 13.2 Å². The molecule has 2 nitrogen and oxygen atoms in total. The summed E-state index contributed by atoms with van der Waals surface area (Å²) < 4.78 is 27.7. The zero-order chi connectivity index (χ0) is 10.3. The van der Waals surface area contributed by atoms with E-state index in [0.717, 1.165) is 6.42 Å². The molecule has 4 heteroatoms. The number of carbonyl (C=O) groups excluding carboxylic acids is 1. The maximum absolute atomic E-state index is 11.6. The van der Waals surface area contributed by atoms with Crippen LogP contribution in [-0.2, 0) is 9.53 Å². The van der Waals surface area contributed by atoms with E-state index in [0.29, 0.717) is 0 Å². The third-order valence-corrected chi connectivity index (χ3v) is 1.90. The standard InChI is InChI=1S/C9H16F2O2/c1-3-7(2)8(12)4-5-13-6-9(10)11/h7,9H,3-6H2,1-2H3. The topological polar surface area (TPSA) is 26.3 Å². The van der Waals surface area contributed by atoms with Gasteiger partial charge in [-0.2, -0.15) is 0 Å². The summed E-state index contributed by atoms with van der Waals surface area (Å²) in [6, 6.07) is 0. The van der Waals surface area contributed by atoms with Crippen LogP contribution in [-0.4, -0.2) is 25.4 Å². The molecular formula is C9H16F2O2. The minimum atomic E-state index is -2.45. The monoisotopic (exact) mass is 194 g/mol. The van der Waals surface area contributed by atoms with E-state index in [1.165, 1.54) is 0 Å². The normalized spacial score (nSPS) is 13.3. The number of hydrogen-bond donors (Lipinski definition) is 0. The molecule has 1 atom stereocenters. The third-order valence-electron chi connectivity index (χ3n) is 1.90. The van der Waals surface area contributed by atoms with E-state index in [2.05, 4.69) is 4.74 Å². The lowest BCUT2D eigenvalue weighted by Gasteiger charge is -2.07. The smallest absolute Gasteiger partial charge is 0.261 e. The highest BCUT2D eigenvalue weighted by atomic mass is 19.3. The number of ether oxygens (including phenoxy) is 1. The average Bonchev–Trinajstić information content (AvgIpc) is 2.10. The van der Waals surface area contributed by atoms with Gasteiger partial charge in [-0.1, -0.05) is 13.8 Å². The molecule has 0 aromatic carbocycles. The Balaban J connectivity index is 3.37. The summed E-state index contributed by atoms with van der Waals surface area (Å²) in [5, 5.41) is 0. The van der Waals surface area contributed by atoms with Crippen LogP contribution in [0.25, 0.3) is 0 Å². The number of rotatable bonds is 7. The van der Waals surface area contributed by atoms with Gasteiger partial charge in [-0.15, -0.1) is 0 Å². The molecule has 13 heavy (non-hydrogen) atoms. The minimum Gasteiger partial charge on any atom is -0.375 e. The van der Waals surface area contributed by atoms with Gasteiger partial charge in [0.2, 0.25) is 0 Å².